The molecule has 0 saturated heterocycles. The highest BCUT2D eigenvalue weighted by molar-refractivity contribution is 6.07. The molecule has 0 bridgehead atoms. The first-order valence-electron chi connectivity index (χ1n) is 15.1. The maximum atomic E-state index is 13.9. The van der Waals surface area contributed by atoms with Gasteiger partial charge in [0, 0.05) is 57.9 Å². The molecule has 0 spiro atoms. The predicted octanol–water partition coefficient (Wildman–Crippen LogP) is 4.16. The van der Waals surface area contributed by atoms with Crippen molar-refractivity contribution in [1.82, 2.24) is 0 Å². The van der Waals surface area contributed by atoms with Gasteiger partial charge in [0.2, 0.25) is 11.9 Å². The van der Waals surface area contributed by atoms with Gasteiger partial charge in [0.05, 0.1) is 7.11 Å². The van der Waals surface area contributed by atoms with E-state index in [4.69, 9.17) is 42.6 Å². The van der Waals surface area contributed by atoms with Crippen LogP contribution in [0.3, 0.4) is 0 Å². The lowest BCUT2D eigenvalue weighted by atomic mass is 9.92. The summed E-state index contributed by atoms with van der Waals surface area (Å²) in [5, 5.41) is 0. The molecule has 0 fully saturated rings. The normalized spacial score (nSPS) is 18.8. The number of Topliss-reactive ketones (excluding diaryl/α,β-unsaturated/α-hetero) is 1. The number of carbonyl (C=O) groups excluding carboxylic acids is 6. The first-order valence-corrected chi connectivity index (χ1v) is 15.1. The average molecular weight is 693 g/mol. The SMILES string of the molecule is COc1cc([C@@H]2Oc3cc([C@H]4Oc5cc(OC(C)=O)cc(OC(C)=O)c5C(=O)[C@@H]4OC(C)=O)ccc3O[C@@H]2COC(C)=O)ccc1OC(C)=O. The van der Waals surface area contributed by atoms with Crippen molar-refractivity contribution < 1.29 is 71.4 Å². The summed E-state index contributed by atoms with van der Waals surface area (Å²) in [6, 6.07) is 11.8. The van der Waals surface area contributed by atoms with Gasteiger partial charge in [-0.05, 0) is 24.3 Å². The minimum absolute atomic E-state index is 0.0658. The van der Waals surface area contributed by atoms with E-state index in [0.29, 0.717) is 11.1 Å². The van der Waals surface area contributed by atoms with Gasteiger partial charge in [-0.15, -0.1) is 0 Å². The van der Waals surface area contributed by atoms with Crippen molar-refractivity contribution in [2.75, 3.05) is 13.7 Å². The van der Waals surface area contributed by atoms with Crippen LogP contribution in [0.1, 0.15) is 68.3 Å². The quantitative estimate of drug-likeness (QED) is 0.230. The lowest BCUT2D eigenvalue weighted by Gasteiger charge is -2.36. The van der Waals surface area contributed by atoms with Crippen LogP contribution < -0.4 is 33.2 Å². The first kappa shape index (κ1) is 35.2. The molecule has 0 saturated carbocycles. The second kappa shape index (κ2) is 14.6. The Morgan fingerprint density at radius 3 is 1.90 bits per heavy atom. The Hall–Kier alpha value is -6.12. The fourth-order valence-electron chi connectivity index (χ4n) is 5.41. The fraction of sp³-hybridized carbons (Fsp3) is 0.314. The van der Waals surface area contributed by atoms with Gasteiger partial charge in [-0.1, -0.05) is 12.1 Å². The van der Waals surface area contributed by atoms with E-state index in [9.17, 15) is 28.8 Å². The molecule has 0 aliphatic carbocycles. The Morgan fingerprint density at radius 1 is 0.620 bits per heavy atom. The molecule has 50 heavy (non-hydrogen) atoms. The summed E-state index contributed by atoms with van der Waals surface area (Å²) in [5.74, 6) is -3.66. The molecule has 15 heteroatoms. The van der Waals surface area contributed by atoms with Crippen LogP contribution in [0.25, 0.3) is 0 Å². The fourth-order valence-corrected chi connectivity index (χ4v) is 5.41. The largest absolute Gasteiger partial charge is 0.493 e. The molecular formula is C35H32O15. The molecule has 0 amide bonds. The van der Waals surface area contributed by atoms with E-state index in [-0.39, 0.29) is 52.4 Å². The molecule has 2 aliphatic rings. The Labute approximate surface area is 285 Å². The zero-order chi connectivity index (χ0) is 36.3. The summed E-state index contributed by atoms with van der Waals surface area (Å²) < 4.78 is 50.6. The second-order valence-electron chi connectivity index (χ2n) is 11.1. The van der Waals surface area contributed by atoms with E-state index >= 15 is 0 Å². The molecule has 0 aromatic heterocycles. The van der Waals surface area contributed by atoms with Crippen LogP contribution in [0.4, 0.5) is 0 Å². The summed E-state index contributed by atoms with van der Waals surface area (Å²) in [7, 11) is 1.40. The molecule has 5 rings (SSSR count). The molecule has 0 unspecified atom stereocenters. The van der Waals surface area contributed by atoms with Gasteiger partial charge in [0.25, 0.3) is 0 Å². The van der Waals surface area contributed by atoms with Gasteiger partial charge in [-0.2, -0.15) is 0 Å². The number of ketones is 1. The molecule has 2 aliphatic heterocycles. The summed E-state index contributed by atoms with van der Waals surface area (Å²) in [5.41, 5.74) is 0.623. The van der Waals surface area contributed by atoms with Crippen molar-refractivity contribution in [3.63, 3.8) is 0 Å². The third-order valence-corrected chi connectivity index (χ3v) is 7.27. The average Bonchev–Trinajstić information content (AvgIpc) is 3.03. The topological polar surface area (TPSA) is 185 Å². The van der Waals surface area contributed by atoms with Crippen molar-refractivity contribution in [2.45, 2.75) is 59.0 Å². The van der Waals surface area contributed by atoms with Crippen LogP contribution in [0, 0.1) is 0 Å². The van der Waals surface area contributed by atoms with Crippen LogP contribution in [-0.4, -0.2) is 61.6 Å². The zero-order valence-electron chi connectivity index (χ0n) is 27.8. The number of hydrogen-bond acceptors (Lipinski definition) is 15. The number of ether oxygens (including phenoxy) is 9. The number of fused-ring (bicyclic) bond motifs is 2. The number of methoxy groups -OCH3 is 1. The number of hydrogen-bond donors (Lipinski definition) is 0. The number of esters is 5. The number of carbonyl (C=O) groups is 6. The van der Waals surface area contributed by atoms with Crippen molar-refractivity contribution in [3.05, 3.63) is 65.2 Å². The standard InChI is InChI=1S/C35H32O15/c1-16(36)43-15-30-33(21-7-9-24(45-18(3)38)26(11-21)42-6)49-27-12-22(8-10-25(27)48-30)34-35(47-20(5)40)32(41)31-28(46-19(4)39)13-23(44-17(2)37)14-29(31)50-34/h7-14,30,33-35H,15H2,1-6H3/t30-,33+,34-,35+/m1/s1. The van der Waals surface area contributed by atoms with Crippen molar-refractivity contribution >= 4 is 35.6 Å². The Kier molecular flexibility index (Phi) is 10.2. The van der Waals surface area contributed by atoms with Crippen LogP contribution in [0.5, 0.6) is 40.2 Å². The molecule has 15 nitrogen and oxygen atoms in total. The van der Waals surface area contributed by atoms with Gasteiger partial charge < -0.3 is 42.6 Å². The Balaban J connectivity index is 1.56. The van der Waals surface area contributed by atoms with Crippen molar-refractivity contribution in [2.24, 2.45) is 0 Å². The third-order valence-electron chi connectivity index (χ3n) is 7.27. The van der Waals surface area contributed by atoms with Crippen LogP contribution in [0.2, 0.25) is 0 Å². The highest BCUT2D eigenvalue weighted by Gasteiger charge is 2.44. The van der Waals surface area contributed by atoms with Gasteiger partial charge in [-0.25, -0.2) is 0 Å². The maximum absolute atomic E-state index is 13.9. The molecule has 0 radical (unpaired) electrons. The Bertz CT molecular complexity index is 1880. The van der Waals surface area contributed by atoms with Gasteiger partial charge >= 0.3 is 29.8 Å². The molecule has 4 atom stereocenters. The Morgan fingerprint density at radius 2 is 1.26 bits per heavy atom. The van der Waals surface area contributed by atoms with Crippen molar-refractivity contribution in [1.29, 1.82) is 0 Å². The van der Waals surface area contributed by atoms with Crippen LogP contribution >= 0.6 is 0 Å². The highest BCUT2D eigenvalue weighted by atomic mass is 16.6. The van der Waals surface area contributed by atoms with Gasteiger partial charge in [-0.3, -0.25) is 28.8 Å². The molecule has 262 valence electrons. The van der Waals surface area contributed by atoms with Crippen LogP contribution in [0.15, 0.2) is 48.5 Å². The van der Waals surface area contributed by atoms with E-state index in [1.807, 2.05) is 0 Å². The van der Waals surface area contributed by atoms with Gasteiger partial charge in [0.15, 0.2) is 41.3 Å². The summed E-state index contributed by atoms with van der Waals surface area (Å²) in [4.78, 5) is 73.0. The van der Waals surface area contributed by atoms with Crippen molar-refractivity contribution in [3.8, 4) is 40.2 Å². The monoisotopic (exact) mass is 692 g/mol. The van der Waals surface area contributed by atoms with E-state index in [1.54, 1.807) is 24.3 Å². The molecule has 3 aromatic carbocycles. The zero-order valence-corrected chi connectivity index (χ0v) is 27.8. The number of rotatable bonds is 9. The second-order valence-corrected chi connectivity index (χ2v) is 11.1. The minimum atomic E-state index is -1.54. The van der Waals surface area contributed by atoms with Gasteiger partial charge in [0.1, 0.15) is 29.4 Å². The summed E-state index contributed by atoms with van der Waals surface area (Å²) in [6.45, 7) is 5.73. The number of benzene rings is 3. The first-order chi connectivity index (χ1) is 23.7. The summed E-state index contributed by atoms with van der Waals surface area (Å²) >= 11 is 0. The minimum Gasteiger partial charge on any atom is -0.493 e. The highest BCUT2D eigenvalue weighted by Crippen LogP contribution is 2.47. The maximum Gasteiger partial charge on any atom is 0.308 e. The van der Waals surface area contributed by atoms with E-state index in [1.165, 1.54) is 52.1 Å². The molecule has 2 heterocycles. The third kappa shape index (κ3) is 7.77. The lowest BCUT2D eigenvalue weighted by molar-refractivity contribution is -0.149. The van der Waals surface area contributed by atoms with Crippen LogP contribution in [-0.2, 0) is 33.4 Å². The molecule has 0 N–H and O–H groups in total. The smallest absolute Gasteiger partial charge is 0.308 e. The lowest BCUT2D eigenvalue weighted by Crippen LogP contribution is -2.40. The summed E-state index contributed by atoms with van der Waals surface area (Å²) in [6.07, 6.45) is -4.53. The molecular weight excluding hydrogens is 660 g/mol. The molecule has 3 aromatic rings. The van der Waals surface area contributed by atoms with E-state index in [0.717, 1.165) is 13.8 Å². The van der Waals surface area contributed by atoms with E-state index in [2.05, 4.69) is 0 Å². The van der Waals surface area contributed by atoms with E-state index < -0.39 is 60.0 Å². The predicted molar refractivity (Wildman–Crippen MR) is 167 cm³/mol.